The van der Waals surface area contributed by atoms with Crippen molar-refractivity contribution in [3.63, 3.8) is 0 Å². The fourth-order valence-corrected chi connectivity index (χ4v) is 8.07. The zero-order valence-corrected chi connectivity index (χ0v) is 19.2. The minimum Gasteiger partial charge on any atom is -0.328 e. The maximum Gasteiger partial charge on any atom is 0.00105 e. The van der Waals surface area contributed by atoms with E-state index in [-0.39, 0.29) is 0 Å². The molecule has 0 aromatic carbocycles. The molecule has 3 aliphatic carbocycles. The lowest BCUT2D eigenvalue weighted by molar-refractivity contribution is 0.0107. The summed E-state index contributed by atoms with van der Waals surface area (Å²) >= 11 is 0. The maximum atomic E-state index is 6.10. The minimum absolute atomic E-state index is 0.380. The van der Waals surface area contributed by atoms with Crippen LogP contribution in [0.2, 0.25) is 0 Å². The average Bonchev–Trinajstić information content (AvgIpc) is 2.95. The van der Waals surface area contributed by atoms with Gasteiger partial charge in [-0.1, -0.05) is 59.8 Å². The summed E-state index contributed by atoms with van der Waals surface area (Å²) in [6.07, 6.45) is 18.9. The molecule has 0 amide bonds. The second-order valence-corrected chi connectivity index (χ2v) is 11.8. The van der Waals surface area contributed by atoms with E-state index in [1.807, 2.05) is 0 Å². The van der Waals surface area contributed by atoms with E-state index in [2.05, 4.69) is 34.6 Å². The van der Waals surface area contributed by atoms with E-state index in [1.54, 1.807) is 0 Å². The van der Waals surface area contributed by atoms with Gasteiger partial charge in [-0.3, -0.25) is 0 Å². The van der Waals surface area contributed by atoms with Crippen LogP contribution in [-0.2, 0) is 0 Å². The Morgan fingerprint density at radius 2 is 1.74 bits per heavy atom. The van der Waals surface area contributed by atoms with Crippen LogP contribution >= 0.6 is 0 Å². The predicted octanol–water partition coefficient (Wildman–Crippen LogP) is 7.58. The highest BCUT2D eigenvalue weighted by molar-refractivity contribution is 5.01. The first-order valence-corrected chi connectivity index (χ1v) is 12.5. The van der Waals surface area contributed by atoms with Gasteiger partial charge in [-0.05, 0) is 98.7 Å². The normalized spacial score (nSPS) is 41.1. The number of nitrogens with two attached hydrogens (primary N) is 1. The van der Waals surface area contributed by atoms with E-state index in [9.17, 15) is 0 Å². The molecule has 3 rings (SSSR count). The molecule has 3 aliphatic rings. The highest BCUT2D eigenvalue weighted by Crippen LogP contribution is 2.60. The molecule has 7 atom stereocenters. The Morgan fingerprint density at radius 3 is 2.41 bits per heavy atom. The van der Waals surface area contributed by atoms with Crippen molar-refractivity contribution in [2.45, 2.75) is 124 Å². The van der Waals surface area contributed by atoms with E-state index >= 15 is 0 Å². The van der Waals surface area contributed by atoms with Crippen LogP contribution in [0.5, 0.6) is 0 Å². The van der Waals surface area contributed by atoms with E-state index < -0.39 is 0 Å². The van der Waals surface area contributed by atoms with Crippen molar-refractivity contribution in [1.29, 1.82) is 0 Å². The van der Waals surface area contributed by atoms with Crippen molar-refractivity contribution in [3.8, 4) is 0 Å². The molecule has 6 unspecified atom stereocenters. The van der Waals surface area contributed by atoms with Gasteiger partial charge in [-0.2, -0.15) is 0 Å². The fraction of sp³-hybridized carbons (Fsp3) is 1.00. The molecule has 0 spiro atoms. The topological polar surface area (TPSA) is 26.0 Å². The van der Waals surface area contributed by atoms with Crippen LogP contribution in [0, 0.1) is 40.4 Å². The maximum absolute atomic E-state index is 6.10. The summed E-state index contributed by atoms with van der Waals surface area (Å²) in [4.78, 5) is 0. The number of hydrogen-bond donors (Lipinski definition) is 1. The van der Waals surface area contributed by atoms with E-state index in [1.165, 1.54) is 83.5 Å². The Kier molecular flexibility index (Phi) is 7.03. The van der Waals surface area contributed by atoms with Gasteiger partial charge in [0.05, 0.1) is 0 Å². The zero-order valence-electron chi connectivity index (χ0n) is 19.2. The van der Waals surface area contributed by atoms with Crippen LogP contribution in [0.1, 0.15) is 118 Å². The first-order valence-electron chi connectivity index (χ1n) is 12.5. The van der Waals surface area contributed by atoms with Gasteiger partial charge in [0.15, 0.2) is 0 Å². The van der Waals surface area contributed by atoms with Gasteiger partial charge in [0.1, 0.15) is 0 Å². The lowest BCUT2D eigenvalue weighted by Gasteiger charge is -2.49. The molecule has 2 N–H and O–H groups in total. The second-order valence-electron chi connectivity index (χ2n) is 11.8. The molecule has 3 saturated carbocycles. The van der Waals surface area contributed by atoms with Crippen LogP contribution in [0.15, 0.2) is 0 Å². The molecule has 1 nitrogen and oxygen atoms in total. The number of hydrogen-bond acceptors (Lipinski definition) is 1. The zero-order chi connectivity index (χ0) is 19.7. The van der Waals surface area contributed by atoms with Crippen molar-refractivity contribution < 1.29 is 0 Å². The summed E-state index contributed by atoms with van der Waals surface area (Å²) < 4.78 is 0. The Hall–Kier alpha value is -0.0400. The second kappa shape index (κ2) is 8.76. The van der Waals surface area contributed by atoms with Gasteiger partial charge < -0.3 is 5.73 Å². The molecule has 0 heterocycles. The van der Waals surface area contributed by atoms with E-state index in [0.717, 1.165) is 29.6 Å². The summed E-state index contributed by atoms with van der Waals surface area (Å²) in [7, 11) is 0. The number of rotatable bonds is 7. The molecule has 0 aromatic heterocycles. The van der Waals surface area contributed by atoms with Gasteiger partial charge in [-0.25, -0.2) is 0 Å². The van der Waals surface area contributed by atoms with Crippen molar-refractivity contribution >= 4 is 0 Å². The third kappa shape index (κ3) is 4.59. The molecule has 1 heteroatoms. The smallest absolute Gasteiger partial charge is 0.00105 e. The van der Waals surface area contributed by atoms with Gasteiger partial charge >= 0.3 is 0 Å². The van der Waals surface area contributed by atoms with Crippen LogP contribution in [0.3, 0.4) is 0 Å². The van der Waals surface area contributed by atoms with Crippen LogP contribution < -0.4 is 5.73 Å². The van der Waals surface area contributed by atoms with E-state index in [0.29, 0.717) is 16.9 Å². The van der Waals surface area contributed by atoms with Crippen molar-refractivity contribution in [2.24, 2.45) is 46.2 Å². The Morgan fingerprint density at radius 1 is 0.963 bits per heavy atom. The molecule has 0 saturated heterocycles. The van der Waals surface area contributed by atoms with Crippen molar-refractivity contribution in [2.75, 3.05) is 0 Å². The Bertz CT molecular complexity index is 467. The Labute approximate surface area is 170 Å². The van der Waals surface area contributed by atoms with Crippen molar-refractivity contribution in [1.82, 2.24) is 0 Å². The molecule has 0 bridgehead atoms. The average molecular weight is 376 g/mol. The standard InChI is InChI=1S/C26H49N/c1-6-20(23-11-7-8-16-25(23,3)4)18-21-10-9-17-26(5)22(13-12-19(2)27)14-15-24(21)26/h19-24H,6-18,27H2,1-5H3/t19?,20-,21?,22?,23?,24?,26?/m0/s1. The van der Waals surface area contributed by atoms with Crippen LogP contribution in [0.25, 0.3) is 0 Å². The third-order valence-electron chi connectivity index (χ3n) is 9.72. The quantitative estimate of drug-likeness (QED) is 0.487. The first-order chi connectivity index (χ1) is 12.8. The lowest BCUT2D eigenvalue weighted by atomic mass is 9.56. The largest absolute Gasteiger partial charge is 0.328 e. The number of fused-ring (bicyclic) bond motifs is 1. The predicted molar refractivity (Wildman–Crippen MR) is 119 cm³/mol. The summed E-state index contributed by atoms with van der Waals surface area (Å²) in [5.41, 5.74) is 7.30. The molecule has 0 aliphatic heterocycles. The highest BCUT2D eigenvalue weighted by atomic mass is 14.6. The molecular weight excluding hydrogens is 326 g/mol. The fourth-order valence-electron chi connectivity index (χ4n) is 8.07. The van der Waals surface area contributed by atoms with Gasteiger partial charge in [0.25, 0.3) is 0 Å². The highest BCUT2D eigenvalue weighted by Gasteiger charge is 2.51. The van der Waals surface area contributed by atoms with Gasteiger partial charge in [-0.15, -0.1) is 0 Å². The summed E-state index contributed by atoms with van der Waals surface area (Å²) in [5.74, 6) is 4.90. The molecule has 27 heavy (non-hydrogen) atoms. The monoisotopic (exact) mass is 375 g/mol. The lowest BCUT2D eigenvalue weighted by Crippen LogP contribution is -2.40. The van der Waals surface area contributed by atoms with Gasteiger partial charge in [0, 0.05) is 6.04 Å². The summed E-state index contributed by atoms with van der Waals surface area (Å²) in [6, 6.07) is 0.380. The first kappa shape index (κ1) is 21.7. The minimum atomic E-state index is 0.380. The van der Waals surface area contributed by atoms with Crippen molar-refractivity contribution in [3.05, 3.63) is 0 Å². The molecule has 3 fully saturated rings. The summed E-state index contributed by atoms with van der Waals surface area (Å²) in [5, 5.41) is 0. The molecule has 158 valence electrons. The van der Waals surface area contributed by atoms with Gasteiger partial charge in [0.2, 0.25) is 0 Å². The van der Waals surface area contributed by atoms with Crippen LogP contribution in [-0.4, -0.2) is 6.04 Å². The molecular formula is C26H49N. The summed E-state index contributed by atoms with van der Waals surface area (Å²) in [6.45, 7) is 12.5. The Balaban J connectivity index is 1.68. The SMILES string of the molecule is CC[C@@H](CC1CCCC2(C)C(CCC(C)N)CCC12)C1CCCCC1(C)C. The molecule has 0 aromatic rings. The van der Waals surface area contributed by atoms with Crippen LogP contribution in [0.4, 0.5) is 0 Å². The molecule has 0 radical (unpaired) electrons. The third-order valence-corrected chi connectivity index (χ3v) is 9.72. The van der Waals surface area contributed by atoms with E-state index in [4.69, 9.17) is 5.73 Å².